The van der Waals surface area contributed by atoms with E-state index < -0.39 is 0 Å². The van der Waals surface area contributed by atoms with Crippen LogP contribution in [0.2, 0.25) is 0 Å². The standard InChI is InChI=1S/C9H18N2/c1-10-8-7-9(11(10)2)5-3-4-6-9/h3-8H2,1-2H3. The first-order valence-electron chi connectivity index (χ1n) is 4.69. The zero-order valence-corrected chi connectivity index (χ0v) is 7.64. The van der Waals surface area contributed by atoms with Crippen LogP contribution in [-0.2, 0) is 0 Å². The van der Waals surface area contributed by atoms with Gasteiger partial charge in [0.05, 0.1) is 0 Å². The molecular formula is C9H18N2. The third kappa shape index (κ3) is 1.00. The van der Waals surface area contributed by atoms with Gasteiger partial charge in [-0.25, -0.2) is 10.0 Å². The summed E-state index contributed by atoms with van der Waals surface area (Å²) in [6, 6.07) is 0. The third-order valence-electron chi connectivity index (χ3n) is 3.63. The molecule has 0 aromatic heterocycles. The highest BCUT2D eigenvalue weighted by atomic mass is 15.6. The SMILES string of the molecule is CN1CCC2(CCCC2)N1C. The van der Waals surface area contributed by atoms with Gasteiger partial charge in [0.25, 0.3) is 0 Å². The molecule has 0 bridgehead atoms. The first kappa shape index (κ1) is 7.56. The van der Waals surface area contributed by atoms with Crippen molar-refractivity contribution in [2.45, 2.75) is 37.6 Å². The van der Waals surface area contributed by atoms with E-state index in [1.807, 2.05) is 0 Å². The maximum Gasteiger partial charge on any atom is 0.0366 e. The summed E-state index contributed by atoms with van der Waals surface area (Å²) in [6.45, 7) is 1.26. The largest absolute Gasteiger partial charge is 0.245 e. The smallest absolute Gasteiger partial charge is 0.0366 e. The van der Waals surface area contributed by atoms with Gasteiger partial charge < -0.3 is 0 Å². The quantitative estimate of drug-likeness (QED) is 0.521. The molecule has 0 aromatic carbocycles. The van der Waals surface area contributed by atoms with E-state index in [2.05, 4.69) is 24.1 Å². The molecule has 2 heteroatoms. The van der Waals surface area contributed by atoms with Crippen molar-refractivity contribution in [2.75, 3.05) is 20.6 Å². The normalized spacial score (nSPS) is 32.2. The van der Waals surface area contributed by atoms with Gasteiger partial charge in [0.15, 0.2) is 0 Å². The van der Waals surface area contributed by atoms with E-state index in [9.17, 15) is 0 Å². The highest BCUT2D eigenvalue weighted by Gasteiger charge is 2.43. The molecule has 0 N–H and O–H groups in total. The van der Waals surface area contributed by atoms with E-state index in [0.29, 0.717) is 5.54 Å². The molecule has 0 amide bonds. The summed E-state index contributed by atoms with van der Waals surface area (Å²) in [6.07, 6.45) is 7.12. The number of hydrogen-bond donors (Lipinski definition) is 0. The van der Waals surface area contributed by atoms with Crippen molar-refractivity contribution in [1.29, 1.82) is 0 Å². The first-order chi connectivity index (χ1) is 5.25. The van der Waals surface area contributed by atoms with Gasteiger partial charge in [-0.05, 0) is 19.3 Å². The molecule has 1 heterocycles. The van der Waals surface area contributed by atoms with E-state index in [4.69, 9.17) is 0 Å². The number of nitrogens with zero attached hydrogens (tertiary/aromatic N) is 2. The molecule has 2 rings (SSSR count). The Kier molecular flexibility index (Phi) is 1.69. The van der Waals surface area contributed by atoms with Gasteiger partial charge in [-0.3, -0.25) is 0 Å². The molecule has 0 radical (unpaired) electrons. The predicted octanol–water partition coefficient (Wildman–Crippen LogP) is 1.48. The van der Waals surface area contributed by atoms with Crippen LogP contribution < -0.4 is 0 Å². The van der Waals surface area contributed by atoms with Gasteiger partial charge in [0.1, 0.15) is 0 Å². The van der Waals surface area contributed by atoms with Gasteiger partial charge in [0.2, 0.25) is 0 Å². The Labute approximate surface area is 69.1 Å². The molecule has 0 unspecified atom stereocenters. The topological polar surface area (TPSA) is 6.48 Å². The van der Waals surface area contributed by atoms with Crippen LogP contribution in [0.3, 0.4) is 0 Å². The van der Waals surface area contributed by atoms with Crippen LogP contribution in [0.25, 0.3) is 0 Å². The lowest BCUT2D eigenvalue weighted by Gasteiger charge is -2.34. The van der Waals surface area contributed by atoms with Crippen LogP contribution in [0.4, 0.5) is 0 Å². The Morgan fingerprint density at radius 3 is 2.09 bits per heavy atom. The van der Waals surface area contributed by atoms with Crippen molar-refractivity contribution in [3.05, 3.63) is 0 Å². The highest BCUT2D eigenvalue weighted by molar-refractivity contribution is 4.96. The van der Waals surface area contributed by atoms with Gasteiger partial charge in [-0.2, -0.15) is 0 Å². The molecule has 1 aliphatic carbocycles. The molecule has 1 saturated heterocycles. The monoisotopic (exact) mass is 154 g/mol. The maximum absolute atomic E-state index is 2.47. The molecule has 2 fully saturated rings. The summed E-state index contributed by atoms with van der Waals surface area (Å²) in [5, 5.41) is 4.84. The average Bonchev–Trinajstić information content (AvgIpc) is 2.56. The lowest BCUT2D eigenvalue weighted by molar-refractivity contribution is 0.000116. The predicted molar refractivity (Wildman–Crippen MR) is 46.2 cm³/mol. The van der Waals surface area contributed by atoms with Crippen LogP contribution in [0.5, 0.6) is 0 Å². The Morgan fingerprint density at radius 1 is 1.00 bits per heavy atom. The van der Waals surface area contributed by atoms with Crippen LogP contribution in [0.1, 0.15) is 32.1 Å². The molecule has 1 spiro atoms. The van der Waals surface area contributed by atoms with Crippen molar-refractivity contribution in [3.63, 3.8) is 0 Å². The van der Waals surface area contributed by atoms with Gasteiger partial charge in [-0.15, -0.1) is 0 Å². The van der Waals surface area contributed by atoms with E-state index in [1.165, 1.54) is 38.6 Å². The lowest BCUT2D eigenvalue weighted by Crippen LogP contribution is -2.43. The summed E-state index contributed by atoms with van der Waals surface area (Å²) in [5.74, 6) is 0. The Hall–Kier alpha value is -0.0800. The molecule has 2 nitrogen and oxygen atoms in total. The van der Waals surface area contributed by atoms with Gasteiger partial charge in [-0.1, -0.05) is 12.8 Å². The molecular weight excluding hydrogens is 136 g/mol. The summed E-state index contributed by atoms with van der Waals surface area (Å²) in [4.78, 5) is 0. The Morgan fingerprint density at radius 2 is 1.64 bits per heavy atom. The van der Waals surface area contributed by atoms with E-state index in [1.54, 1.807) is 0 Å². The maximum atomic E-state index is 2.47. The van der Waals surface area contributed by atoms with Crippen LogP contribution >= 0.6 is 0 Å². The molecule has 1 aliphatic heterocycles. The lowest BCUT2D eigenvalue weighted by atomic mass is 9.95. The second-order valence-electron chi connectivity index (χ2n) is 4.09. The number of hydrazine groups is 1. The fraction of sp³-hybridized carbons (Fsp3) is 1.00. The Balaban J connectivity index is 2.13. The van der Waals surface area contributed by atoms with Crippen LogP contribution in [-0.4, -0.2) is 36.2 Å². The van der Waals surface area contributed by atoms with E-state index in [-0.39, 0.29) is 0 Å². The fourth-order valence-corrected chi connectivity index (χ4v) is 2.65. The molecule has 0 atom stereocenters. The van der Waals surface area contributed by atoms with Crippen molar-refractivity contribution in [3.8, 4) is 0 Å². The summed E-state index contributed by atoms with van der Waals surface area (Å²) in [7, 11) is 4.45. The van der Waals surface area contributed by atoms with Crippen LogP contribution in [0, 0.1) is 0 Å². The molecule has 1 saturated carbocycles. The molecule has 11 heavy (non-hydrogen) atoms. The summed E-state index contributed by atoms with van der Waals surface area (Å²) in [5.41, 5.74) is 0.578. The summed E-state index contributed by atoms with van der Waals surface area (Å²) < 4.78 is 0. The van der Waals surface area contributed by atoms with Crippen LogP contribution in [0.15, 0.2) is 0 Å². The second-order valence-corrected chi connectivity index (χ2v) is 4.09. The summed E-state index contributed by atoms with van der Waals surface area (Å²) >= 11 is 0. The number of rotatable bonds is 0. The minimum absolute atomic E-state index is 0.578. The van der Waals surface area contributed by atoms with Crippen molar-refractivity contribution < 1.29 is 0 Å². The molecule has 0 aromatic rings. The minimum atomic E-state index is 0.578. The zero-order valence-electron chi connectivity index (χ0n) is 7.64. The third-order valence-corrected chi connectivity index (χ3v) is 3.63. The Bertz CT molecular complexity index is 150. The minimum Gasteiger partial charge on any atom is -0.245 e. The first-order valence-corrected chi connectivity index (χ1v) is 4.69. The average molecular weight is 154 g/mol. The van der Waals surface area contributed by atoms with Gasteiger partial charge >= 0.3 is 0 Å². The highest BCUT2D eigenvalue weighted by Crippen LogP contribution is 2.41. The van der Waals surface area contributed by atoms with E-state index in [0.717, 1.165) is 0 Å². The van der Waals surface area contributed by atoms with Crippen molar-refractivity contribution >= 4 is 0 Å². The molecule has 2 aliphatic rings. The van der Waals surface area contributed by atoms with Crippen molar-refractivity contribution in [1.82, 2.24) is 10.0 Å². The van der Waals surface area contributed by atoms with Gasteiger partial charge in [0, 0.05) is 26.2 Å². The molecule has 64 valence electrons. The fourth-order valence-electron chi connectivity index (χ4n) is 2.65. The number of hydrogen-bond acceptors (Lipinski definition) is 2. The zero-order chi connectivity index (χ0) is 7.90. The van der Waals surface area contributed by atoms with Crippen molar-refractivity contribution in [2.24, 2.45) is 0 Å². The van der Waals surface area contributed by atoms with E-state index >= 15 is 0 Å². The second kappa shape index (κ2) is 2.46.